The van der Waals surface area contributed by atoms with Crippen LogP contribution in [0, 0.1) is 12.3 Å². The summed E-state index contributed by atoms with van der Waals surface area (Å²) in [6.07, 6.45) is -2.71. The Morgan fingerprint density at radius 1 is 1.19 bits per heavy atom. The van der Waals surface area contributed by atoms with Gasteiger partial charge in [0.1, 0.15) is 12.1 Å². The van der Waals surface area contributed by atoms with Crippen LogP contribution in [0.2, 0.25) is 0 Å². The summed E-state index contributed by atoms with van der Waals surface area (Å²) < 4.78 is 29.4. The number of hydrogen-bond donors (Lipinski definition) is 3. The van der Waals surface area contributed by atoms with E-state index in [0.29, 0.717) is 0 Å². The minimum absolute atomic E-state index is 0.0776. The second-order valence-corrected chi connectivity index (χ2v) is 11.7. The van der Waals surface area contributed by atoms with Crippen molar-refractivity contribution in [3.63, 3.8) is 0 Å². The first-order valence-corrected chi connectivity index (χ1v) is 13.1. The molecule has 11 heteroatoms. The van der Waals surface area contributed by atoms with Gasteiger partial charge in [-0.25, -0.2) is 13.8 Å². The average Bonchev–Trinajstić information content (AvgIpc) is 3.25. The van der Waals surface area contributed by atoms with Crippen LogP contribution in [-0.2, 0) is 14.4 Å². The molecule has 4 atom stereocenters. The van der Waals surface area contributed by atoms with E-state index in [1.165, 1.54) is 11.3 Å². The quantitative estimate of drug-likeness (QED) is 0.473. The van der Waals surface area contributed by atoms with E-state index >= 15 is 4.39 Å². The summed E-state index contributed by atoms with van der Waals surface area (Å²) in [4.78, 5) is 45.2. The summed E-state index contributed by atoms with van der Waals surface area (Å²) >= 11 is 1.48. The molecule has 1 aliphatic carbocycles. The molecule has 200 valence electrons. The van der Waals surface area contributed by atoms with Crippen LogP contribution in [0.1, 0.15) is 57.6 Å². The molecule has 1 aromatic heterocycles. The fourth-order valence-corrected chi connectivity index (χ4v) is 5.22. The largest absolute Gasteiger partial charge is 0.391 e. The molecular weight excluding hydrogens is 502 g/mol. The van der Waals surface area contributed by atoms with Gasteiger partial charge in [0.05, 0.1) is 22.2 Å². The number of aliphatic hydroxyl groups excluding tert-OH is 1. The summed E-state index contributed by atoms with van der Waals surface area (Å²) in [6.45, 7) is 6.87. The van der Waals surface area contributed by atoms with Crippen LogP contribution < -0.4 is 10.6 Å². The van der Waals surface area contributed by atoms with Crippen molar-refractivity contribution in [3.8, 4) is 10.4 Å². The SMILES string of the molecule is Cc1ncsc1-c1ccc(C(F)NC(=O)C2CC(O)CN2C(=O)C(NC(=O)C2(F)CC2)C(C)(C)C)cc1. The number of alkyl halides is 2. The van der Waals surface area contributed by atoms with Crippen LogP contribution in [0.25, 0.3) is 10.4 Å². The van der Waals surface area contributed by atoms with E-state index in [9.17, 15) is 23.9 Å². The van der Waals surface area contributed by atoms with Gasteiger partial charge in [0.25, 0.3) is 5.91 Å². The van der Waals surface area contributed by atoms with Gasteiger partial charge >= 0.3 is 0 Å². The highest BCUT2D eigenvalue weighted by Gasteiger charge is 2.53. The predicted octanol–water partition coefficient (Wildman–Crippen LogP) is 3.20. The van der Waals surface area contributed by atoms with Gasteiger partial charge in [0.2, 0.25) is 11.8 Å². The fraction of sp³-hybridized carbons (Fsp3) is 0.538. The molecule has 0 spiro atoms. The number of halogens is 2. The number of benzene rings is 1. The number of amides is 3. The standard InChI is InChI=1S/C26H32F2N4O4S/c1-14-19(37-13-29-14)15-5-7-16(8-6-15)21(27)31-22(34)18-11-17(33)12-32(18)23(35)20(25(2,3)4)30-24(36)26(28)9-10-26/h5-8,13,17-18,20-21,33H,9-12H2,1-4H3,(H,30,36)(H,31,34). The molecule has 1 aliphatic heterocycles. The molecule has 0 radical (unpaired) electrons. The first-order chi connectivity index (χ1) is 17.3. The lowest BCUT2D eigenvalue weighted by Gasteiger charge is -2.35. The second-order valence-electron chi connectivity index (χ2n) is 10.9. The van der Waals surface area contributed by atoms with Crippen LogP contribution in [-0.4, -0.2) is 63.1 Å². The van der Waals surface area contributed by atoms with Gasteiger partial charge in [-0.15, -0.1) is 11.3 Å². The summed E-state index contributed by atoms with van der Waals surface area (Å²) in [7, 11) is 0. The number of nitrogens with one attached hydrogen (secondary N) is 2. The molecule has 1 aromatic carbocycles. The van der Waals surface area contributed by atoms with E-state index in [4.69, 9.17) is 0 Å². The molecule has 2 aromatic rings. The van der Waals surface area contributed by atoms with Crippen LogP contribution in [0.4, 0.5) is 8.78 Å². The molecule has 4 rings (SSSR count). The lowest BCUT2D eigenvalue weighted by molar-refractivity contribution is -0.145. The maximum Gasteiger partial charge on any atom is 0.258 e. The monoisotopic (exact) mass is 534 g/mol. The van der Waals surface area contributed by atoms with E-state index in [1.807, 2.05) is 6.92 Å². The van der Waals surface area contributed by atoms with Crippen molar-refractivity contribution >= 4 is 29.1 Å². The minimum atomic E-state index is -1.97. The third-order valence-corrected chi connectivity index (χ3v) is 7.81. The third-order valence-electron chi connectivity index (χ3n) is 6.83. The van der Waals surface area contributed by atoms with Crippen LogP contribution in [0.15, 0.2) is 29.8 Å². The van der Waals surface area contributed by atoms with Crippen LogP contribution >= 0.6 is 11.3 Å². The second kappa shape index (κ2) is 10.1. The Labute approximate surface area is 218 Å². The van der Waals surface area contributed by atoms with Gasteiger partial charge in [-0.2, -0.15) is 0 Å². The molecule has 37 heavy (non-hydrogen) atoms. The summed E-state index contributed by atoms with van der Waals surface area (Å²) in [6, 6.07) is 4.37. The first-order valence-electron chi connectivity index (χ1n) is 12.2. The Morgan fingerprint density at radius 2 is 1.84 bits per heavy atom. The molecular formula is C26H32F2N4O4S. The number of carbonyl (C=O) groups is 3. The molecule has 1 saturated carbocycles. The zero-order valence-electron chi connectivity index (χ0n) is 21.3. The maximum atomic E-state index is 15.1. The lowest BCUT2D eigenvalue weighted by Crippen LogP contribution is -2.59. The first kappa shape index (κ1) is 27.1. The fourth-order valence-electron chi connectivity index (χ4n) is 4.40. The number of carbonyl (C=O) groups excluding carboxylic acids is 3. The molecule has 4 unspecified atom stereocenters. The summed E-state index contributed by atoms with van der Waals surface area (Å²) in [5.41, 5.74) is 0.948. The normalized spacial score (nSPS) is 22.3. The number of aliphatic hydroxyl groups is 1. The van der Waals surface area contributed by atoms with Crippen molar-refractivity contribution in [2.24, 2.45) is 5.41 Å². The van der Waals surface area contributed by atoms with Crippen LogP contribution in [0.3, 0.4) is 0 Å². The highest BCUT2D eigenvalue weighted by Crippen LogP contribution is 2.40. The molecule has 8 nitrogen and oxygen atoms in total. The highest BCUT2D eigenvalue weighted by molar-refractivity contribution is 7.13. The molecule has 2 aliphatic rings. The predicted molar refractivity (Wildman–Crippen MR) is 135 cm³/mol. The van der Waals surface area contributed by atoms with Crippen molar-refractivity contribution in [1.29, 1.82) is 0 Å². The van der Waals surface area contributed by atoms with Crippen molar-refractivity contribution in [2.45, 2.75) is 77.1 Å². The average molecular weight is 535 g/mol. The molecule has 3 amide bonds. The molecule has 1 saturated heterocycles. The summed E-state index contributed by atoms with van der Waals surface area (Å²) in [5.74, 6) is -2.24. The molecule has 2 fully saturated rings. The number of β-amino-alcohol motifs (C(OH)–C–C–N with tert-alkyl or cyclic N) is 1. The number of likely N-dealkylation sites (tertiary alicyclic amines) is 1. The zero-order chi connectivity index (χ0) is 27.1. The smallest absolute Gasteiger partial charge is 0.258 e. The van der Waals surface area contributed by atoms with E-state index in [-0.39, 0.29) is 31.4 Å². The summed E-state index contributed by atoms with van der Waals surface area (Å²) in [5, 5.41) is 15.0. The number of nitrogens with zero attached hydrogens (tertiary/aromatic N) is 2. The number of hydrogen-bond acceptors (Lipinski definition) is 6. The van der Waals surface area contributed by atoms with Crippen molar-refractivity contribution in [3.05, 3.63) is 41.0 Å². The topological polar surface area (TPSA) is 112 Å². The van der Waals surface area contributed by atoms with E-state index in [1.54, 1.807) is 50.5 Å². The lowest BCUT2D eigenvalue weighted by atomic mass is 9.85. The molecule has 0 bridgehead atoms. The number of aromatic nitrogens is 1. The minimum Gasteiger partial charge on any atom is -0.391 e. The van der Waals surface area contributed by atoms with E-state index < -0.39 is 53.3 Å². The van der Waals surface area contributed by atoms with Gasteiger partial charge < -0.3 is 20.6 Å². The van der Waals surface area contributed by atoms with Gasteiger partial charge in [0, 0.05) is 18.5 Å². The van der Waals surface area contributed by atoms with Gasteiger partial charge in [-0.3, -0.25) is 14.4 Å². The highest BCUT2D eigenvalue weighted by atomic mass is 32.1. The van der Waals surface area contributed by atoms with Crippen LogP contribution in [0.5, 0.6) is 0 Å². The Bertz CT molecular complexity index is 1180. The van der Waals surface area contributed by atoms with Gasteiger partial charge in [-0.05, 0) is 30.7 Å². The van der Waals surface area contributed by atoms with E-state index in [2.05, 4.69) is 15.6 Å². The number of aryl methyl sites for hydroxylation is 1. The Balaban J connectivity index is 1.46. The molecule has 2 heterocycles. The zero-order valence-corrected chi connectivity index (χ0v) is 22.1. The van der Waals surface area contributed by atoms with E-state index in [0.717, 1.165) is 21.0 Å². The van der Waals surface area contributed by atoms with Crippen molar-refractivity contribution in [1.82, 2.24) is 20.5 Å². The van der Waals surface area contributed by atoms with Crippen molar-refractivity contribution < 1.29 is 28.3 Å². The Morgan fingerprint density at radius 3 is 2.38 bits per heavy atom. The Hall–Kier alpha value is -2.92. The maximum absolute atomic E-state index is 15.1. The third kappa shape index (κ3) is 5.82. The molecule has 3 N–H and O–H groups in total. The Kier molecular flexibility index (Phi) is 7.40. The number of rotatable bonds is 7. The number of thiazole rings is 1. The van der Waals surface area contributed by atoms with Gasteiger partial charge in [0.15, 0.2) is 12.0 Å². The van der Waals surface area contributed by atoms with Gasteiger partial charge in [-0.1, -0.05) is 45.0 Å². The van der Waals surface area contributed by atoms with Crippen molar-refractivity contribution in [2.75, 3.05) is 6.54 Å².